The van der Waals surface area contributed by atoms with E-state index in [0.717, 1.165) is 11.3 Å². The highest BCUT2D eigenvalue weighted by atomic mass is 16.5. The number of rotatable bonds is 5. The van der Waals surface area contributed by atoms with Crippen molar-refractivity contribution in [3.8, 4) is 5.75 Å². The maximum atomic E-state index is 12.6. The zero-order valence-corrected chi connectivity index (χ0v) is 13.4. The van der Waals surface area contributed by atoms with Crippen LogP contribution in [-0.4, -0.2) is 30.6 Å². The van der Waals surface area contributed by atoms with Gasteiger partial charge in [-0.3, -0.25) is 9.59 Å². The van der Waals surface area contributed by atoms with E-state index in [4.69, 9.17) is 4.74 Å². The molecule has 1 aliphatic rings. The van der Waals surface area contributed by atoms with Gasteiger partial charge in [0.05, 0.1) is 7.11 Å². The van der Waals surface area contributed by atoms with Crippen molar-refractivity contribution in [2.75, 3.05) is 18.6 Å². The number of hydrogen-bond donors (Lipinski definition) is 1. The van der Waals surface area contributed by atoms with Crippen LogP contribution in [0.15, 0.2) is 48.5 Å². The Bertz CT molecular complexity index is 754. The Morgan fingerprint density at radius 2 is 1.88 bits per heavy atom. The van der Waals surface area contributed by atoms with Gasteiger partial charge in [0.15, 0.2) is 0 Å². The number of fused-ring (bicyclic) bond motifs is 1. The van der Waals surface area contributed by atoms with E-state index in [2.05, 4.69) is 0 Å². The van der Waals surface area contributed by atoms with Gasteiger partial charge in [-0.2, -0.15) is 0 Å². The van der Waals surface area contributed by atoms with Gasteiger partial charge < -0.3 is 14.7 Å². The van der Waals surface area contributed by atoms with Crippen molar-refractivity contribution in [1.82, 2.24) is 0 Å². The molecular formula is C19H19NO4. The van der Waals surface area contributed by atoms with Crippen LogP contribution in [0.5, 0.6) is 5.75 Å². The van der Waals surface area contributed by atoms with Crippen molar-refractivity contribution in [3.05, 3.63) is 59.7 Å². The first-order valence-corrected chi connectivity index (χ1v) is 7.85. The summed E-state index contributed by atoms with van der Waals surface area (Å²) in [5.74, 6) is -0.816. The standard InChI is InChI=1S/C19H19NO4/c1-24-14-9-6-13(7-10-14)8-11-18(21)20-12-16(19(22)23)15-4-2-3-5-17(15)20/h2-7,9-10,16H,8,11-12H2,1H3,(H,22,23). The molecule has 0 fully saturated rings. The van der Waals surface area contributed by atoms with Gasteiger partial charge in [0.1, 0.15) is 11.7 Å². The fourth-order valence-electron chi connectivity index (χ4n) is 3.03. The zero-order valence-electron chi connectivity index (χ0n) is 13.4. The lowest BCUT2D eigenvalue weighted by atomic mass is 10.0. The summed E-state index contributed by atoms with van der Waals surface area (Å²) in [6.45, 7) is 0.204. The number of para-hydroxylation sites is 1. The first kappa shape index (κ1) is 16.1. The van der Waals surface area contributed by atoms with E-state index in [-0.39, 0.29) is 12.5 Å². The number of amides is 1. The molecule has 0 spiro atoms. The number of anilines is 1. The van der Waals surface area contributed by atoms with E-state index < -0.39 is 11.9 Å². The van der Waals surface area contributed by atoms with Crippen LogP contribution in [0.25, 0.3) is 0 Å². The fourth-order valence-corrected chi connectivity index (χ4v) is 3.03. The predicted molar refractivity (Wildman–Crippen MR) is 90.5 cm³/mol. The molecule has 124 valence electrons. The van der Waals surface area contributed by atoms with E-state index >= 15 is 0 Å². The molecule has 1 amide bonds. The minimum atomic E-state index is -0.895. The number of carboxylic acid groups (broad SMARTS) is 1. The van der Waals surface area contributed by atoms with Gasteiger partial charge in [0, 0.05) is 18.7 Å². The highest BCUT2D eigenvalue weighted by Crippen LogP contribution is 2.36. The average Bonchev–Trinajstić information content (AvgIpc) is 3.00. The Labute approximate surface area is 140 Å². The van der Waals surface area contributed by atoms with Gasteiger partial charge in [-0.15, -0.1) is 0 Å². The van der Waals surface area contributed by atoms with Crippen LogP contribution >= 0.6 is 0 Å². The molecule has 1 N–H and O–H groups in total. The third-order valence-corrected chi connectivity index (χ3v) is 4.35. The molecule has 1 unspecified atom stereocenters. The van der Waals surface area contributed by atoms with E-state index in [1.807, 2.05) is 36.4 Å². The molecule has 1 aliphatic heterocycles. The quantitative estimate of drug-likeness (QED) is 0.918. The first-order valence-electron chi connectivity index (χ1n) is 7.85. The number of nitrogens with zero attached hydrogens (tertiary/aromatic N) is 1. The number of hydrogen-bond acceptors (Lipinski definition) is 3. The molecule has 2 aromatic rings. The monoisotopic (exact) mass is 325 g/mol. The fraction of sp³-hybridized carbons (Fsp3) is 0.263. The van der Waals surface area contributed by atoms with Crippen LogP contribution in [0.4, 0.5) is 5.69 Å². The Kier molecular flexibility index (Phi) is 4.51. The molecule has 0 radical (unpaired) electrons. The smallest absolute Gasteiger partial charge is 0.312 e. The van der Waals surface area contributed by atoms with Gasteiger partial charge >= 0.3 is 5.97 Å². The molecule has 5 nitrogen and oxygen atoms in total. The summed E-state index contributed by atoms with van der Waals surface area (Å²) < 4.78 is 5.12. The maximum absolute atomic E-state index is 12.6. The Balaban J connectivity index is 1.70. The van der Waals surface area contributed by atoms with Crippen molar-refractivity contribution in [2.45, 2.75) is 18.8 Å². The second-order valence-electron chi connectivity index (χ2n) is 5.80. The average molecular weight is 325 g/mol. The van der Waals surface area contributed by atoms with Gasteiger partial charge in [0.2, 0.25) is 5.91 Å². The predicted octanol–water partition coefficient (Wildman–Crippen LogP) is 2.84. The summed E-state index contributed by atoms with van der Waals surface area (Å²) in [6, 6.07) is 14.8. The Morgan fingerprint density at radius 1 is 1.17 bits per heavy atom. The van der Waals surface area contributed by atoms with Crippen LogP contribution in [-0.2, 0) is 16.0 Å². The van der Waals surface area contributed by atoms with Gasteiger partial charge in [-0.05, 0) is 35.7 Å². The third-order valence-electron chi connectivity index (χ3n) is 4.35. The van der Waals surface area contributed by atoms with E-state index in [1.165, 1.54) is 0 Å². The zero-order chi connectivity index (χ0) is 17.1. The molecule has 0 saturated heterocycles. The van der Waals surface area contributed by atoms with Crippen LogP contribution in [0.2, 0.25) is 0 Å². The van der Waals surface area contributed by atoms with Crippen molar-refractivity contribution in [1.29, 1.82) is 0 Å². The summed E-state index contributed by atoms with van der Waals surface area (Å²) in [7, 11) is 1.61. The normalized spacial score (nSPS) is 15.9. The molecule has 5 heteroatoms. The summed E-state index contributed by atoms with van der Waals surface area (Å²) in [4.78, 5) is 25.6. The molecule has 0 aliphatic carbocycles. The van der Waals surface area contributed by atoms with Crippen molar-refractivity contribution >= 4 is 17.6 Å². The molecule has 0 bridgehead atoms. The molecule has 1 atom stereocenters. The second kappa shape index (κ2) is 6.74. The topological polar surface area (TPSA) is 66.8 Å². The number of benzene rings is 2. The number of ether oxygens (including phenoxy) is 1. The number of aryl methyl sites for hydroxylation is 1. The van der Waals surface area contributed by atoms with Gasteiger partial charge in [-0.25, -0.2) is 0 Å². The number of carboxylic acids is 1. The van der Waals surface area contributed by atoms with Crippen LogP contribution in [0.1, 0.15) is 23.5 Å². The molecule has 0 saturated carbocycles. The lowest BCUT2D eigenvalue weighted by molar-refractivity contribution is -0.138. The summed E-state index contributed by atoms with van der Waals surface area (Å²) >= 11 is 0. The Hall–Kier alpha value is -2.82. The first-order chi connectivity index (χ1) is 11.6. The SMILES string of the molecule is COc1ccc(CCC(=O)N2CC(C(=O)O)c3ccccc32)cc1. The Morgan fingerprint density at radius 3 is 2.54 bits per heavy atom. The van der Waals surface area contributed by atoms with Gasteiger partial charge in [-0.1, -0.05) is 30.3 Å². The largest absolute Gasteiger partial charge is 0.497 e. The van der Waals surface area contributed by atoms with E-state index in [9.17, 15) is 14.7 Å². The summed E-state index contributed by atoms with van der Waals surface area (Å²) in [6.07, 6.45) is 0.951. The van der Waals surface area contributed by atoms with E-state index in [0.29, 0.717) is 24.1 Å². The van der Waals surface area contributed by atoms with E-state index in [1.54, 1.807) is 24.1 Å². The van der Waals surface area contributed by atoms with Gasteiger partial charge in [0.25, 0.3) is 0 Å². The lowest BCUT2D eigenvalue weighted by Crippen LogP contribution is -2.31. The van der Waals surface area contributed by atoms with Crippen molar-refractivity contribution in [3.63, 3.8) is 0 Å². The summed E-state index contributed by atoms with van der Waals surface area (Å²) in [5.41, 5.74) is 2.47. The lowest BCUT2D eigenvalue weighted by Gasteiger charge is -2.17. The number of carbonyl (C=O) groups is 2. The highest BCUT2D eigenvalue weighted by Gasteiger charge is 2.35. The molecule has 3 rings (SSSR count). The minimum absolute atomic E-state index is 0.0537. The number of aliphatic carboxylic acids is 1. The molecule has 0 aromatic heterocycles. The van der Waals surface area contributed by atoms with Crippen molar-refractivity contribution < 1.29 is 19.4 Å². The van der Waals surface area contributed by atoms with Crippen LogP contribution in [0, 0.1) is 0 Å². The van der Waals surface area contributed by atoms with Crippen LogP contribution < -0.4 is 9.64 Å². The second-order valence-corrected chi connectivity index (χ2v) is 5.80. The molecule has 24 heavy (non-hydrogen) atoms. The molecule has 1 heterocycles. The molecule has 2 aromatic carbocycles. The van der Waals surface area contributed by atoms with Crippen LogP contribution in [0.3, 0.4) is 0 Å². The third kappa shape index (κ3) is 3.11. The summed E-state index contributed by atoms with van der Waals surface area (Å²) in [5, 5.41) is 9.37. The maximum Gasteiger partial charge on any atom is 0.312 e. The highest BCUT2D eigenvalue weighted by molar-refractivity contribution is 5.99. The van der Waals surface area contributed by atoms with Crippen molar-refractivity contribution in [2.24, 2.45) is 0 Å². The minimum Gasteiger partial charge on any atom is -0.497 e. The number of methoxy groups -OCH3 is 1. The number of carbonyl (C=O) groups excluding carboxylic acids is 1. The molecular weight excluding hydrogens is 306 g/mol.